The molecule has 1 aromatic carbocycles. The van der Waals surface area contributed by atoms with Crippen LogP contribution < -0.4 is 0 Å². The quantitative estimate of drug-likeness (QED) is 0.765. The predicted octanol–water partition coefficient (Wildman–Crippen LogP) is 2.07. The first kappa shape index (κ1) is 15.8. The van der Waals surface area contributed by atoms with Crippen LogP contribution in [0.3, 0.4) is 0 Å². The first-order valence-electron chi connectivity index (χ1n) is 8.47. The molecule has 7 nitrogen and oxygen atoms in total. The smallest absolute Gasteiger partial charge is 0.254 e. The van der Waals surface area contributed by atoms with Crippen LogP contribution in [-0.4, -0.2) is 49.0 Å². The fraction of sp³-hybridized carbons (Fsp3) is 0.389. The molecule has 0 radical (unpaired) electrons. The first-order chi connectivity index (χ1) is 12.0. The van der Waals surface area contributed by atoms with Crippen molar-refractivity contribution in [2.24, 2.45) is 0 Å². The number of hydrogen-bond acceptors (Lipinski definition) is 4. The van der Waals surface area contributed by atoms with Gasteiger partial charge in [0.1, 0.15) is 11.3 Å². The van der Waals surface area contributed by atoms with E-state index in [9.17, 15) is 9.90 Å². The molecule has 0 spiro atoms. The van der Waals surface area contributed by atoms with Crippen molar-refractivity contribution in [3.05, 3.63) is 47.9 Å². The van der Waals surface area contributed by atoms with Crippen LogP contribution in [0.2, 0.25) is 0 Å². The van der Waals surface area contributed by atoms with E-state index in [1.54, 1.807) is 15.8 Å². The Balaban J connectivity index is 1.55. The Labute approximate surface area is 145 Å². The van der Waals surface area contributed by atoms with Crippen LogP contribution in [0.25, 0.3) is 10.9 Å². The van der Waals surface area contributed by atoms with E-state index < -0.39 is 5.60 Å². The van der Waals surface area contributed by atoms with Crippen molar-refractivity contribution in [3.8, 4) is 0 Å². The van der Waals surface area contributed by atoms with E-state index in [1.807, 2.05) is 44.3 Å². The van der Waals surface area contributed by atoms with E-state index in [4.69, 9.17) is 0 Å². The molecule has 2 N–H and O–H groups in total. The SMILES string of the molecule is CC(C)n1cc(C2(O)CCN(C(=O)c3ccc4cc[nH]c4c3)C2)nn1. The lowest BCUT2D eigenvalue weighted by molar-refractivity contribution is 0.0381. The lowest BCUT2D eigenvalue weighted by Gasteiger charge is -2.21. The van der Waals surface area contributed by atoms with E-state index in [1.165, 1.54) is 0 Å². The topological polar surface area (TPSA) is 87.0 Å². The molecule has 0 aliphatic carbocycles. The highest BCUT2D eigenvalue weighted by Crippen LogP contribution is 2.32. The number of H-pyrrole nitrogens is 1. The number of β-amino-alcohol motifs (C(OH)–C–C–N with tert-alkyl or cyclic N) is 1. The fourth-order valence-electron chi connectivity index (χ4n) is 3.28. The molecule has 1 saturated heterocycles. The molecule has 130 valence electrons. The molecule has 0 bridgehead atoms. The van der Waals surface area contributed by atoms with Gasteiger partial charge in [0.15, 0.2) is 0 Å². The summed E-state index contributed by atoms with van der Waals surface area (Å²) in [5, 5.41) is 20.2. The van der Waals surface area contributed by atoms with Gasteiger partial charge in [0.05, 0.1) is 12.7 Å². The summed E-state index contributed by atoms with van der Waals surface area (Å²) in [4.78, 5) is 17.6. The van der Waals surface area contributed by atoms with E-state index in [0.717, 1.165) is 10.9 Å². The minimum atomic E-state index is -1.14. The van der Waals surface area contributed by atoms with Gasteiger partial charge in [0.25, 0.3) is 5.91 Å². The molecule has 1 atom stereocenters. The van der Waals surface area contributed by atoms with E-state index in [0.29, 0.717) is 24.2 Å². The lowest BCUT2D eigenvalue weighted by atomic mass is 10.00. The van der Waals surface area contributed by atoms with Gasteiger partial charge >= 0.3 is 0 Å². The van der Waals surface area contributed by atoms with E-state index in [2.05, 4.69) is 15.3 Å². The maximum absolute atomic E-state index is 12.8. The number of aliphatic hydroxyl groups is 1. The van der Waals surface area contributed by atoms with Gasteiger partial charge in [0, 0.05) is 36.3 Å². The third-order valence-corrected chi connectivity index (χ3v) is 4.85. The largest absolute Gasteiger partial charge is 0.381 e. The van der Waals surface area contributed by atoms with Crippen molar-refractivity contribution >= 4 is 16.8 Å². The van der Waals surface area contributed by atoms with Crippen molar-refractivity contribution < 1.29 is 9.90 Å². The predicted molar refractivity (Wildman–Crippen MR) is 93.1 cm³/mol. The molecule has 3 aromatic rings. The molecule has 3 heterocycles. The van der Waals surface area contributed by atoms with Gasteiger partial charge in [-0.2, -0.15) is 0 Å². The van der Waals surface area contributed by atoms with E-state index in [-0.39, 0.29) is 18.5 Å². The third kappa shape index (κ3) is 2.70. The summed E-state index contributed by atoms with van der Waals surface area (Å²) in [6.45, 7) is 4.73. The summed E-state index contributed by atoms with van der Waals surface area (Å²) in [5.41, 5.74) is 0.931. The van der Waals surface area contributed by atoms with Crippen LogP contribution in [-0.2, 0) is 5.60 Å². The monoisotopic (exact) mass is 339 g/mol. The number of rotatable bonds is 3. The van der Waals surface area contributed by atoms with Crippen LogP contribution in [0, 0.1) is 0 Å². The van der Waals surface area contributed by atoms with Gasteiger partial charge in [-0.1, -0.05) is 11.3 Å². The average Bonchev–Trinajstić information content (AvgIpc) is 3.32. The summed E-state index contributed by atoms with van der Waals surface area (Å²) in [5.74, 6) is -0.0799. The number of hydrogen-bond donors (Lipinski definition) is 2. The molecule has 1 aliphatic rings. The number of carbonyl (C=O) groups is 1. The Morgan fingerprint density at radius 2 is 2.20 bits per heavy atom. The van der Waals surface area contributed by atoms with Gasteiger partial charge < -0.3 is 15.0 Å². The number of aromatic nitrogens is 4. The van der Waals surface area contributed by atoms with Crippen molar-refractivity contribution in [2.75, 3.05) is 13.1 Å². The maximum Gasteiger partial charge on any atom is 0.254 e. The Bertz CT molecular complexity index is 928. The lowest BCUT2D eigenvalue weighted by Crippen LogP contribution is -2.34. The fourth-order valence-corrected chi connectivity index (χ4v) is 3.28. The second-order valence-corrected chi connectivity index (χ2v) is 6.97. The van der Waals surface area contributed by atoms with Crippen molar-refractivity contribution in [3.63, 3.8) is 0 Å². The summed E-state index contributed by atoms with van der Waals surface area (Å²) in [6, 6.07) is 7.75. The van der Waals surface area contributed by atoms with Crippen LogP contribution >= 0.6 is 0 Å². The number of nitrogens with one attached hydrogen (secondary N) is 1. The van der Waals surface area contributed by atoms with Gasteiger partial charge in [-0.3, -0.25) is 4.79 Å². The highest BCUT2D eigenvalue weighted by molar-refractivity contribution is 5.98. The zero-order chi connectivity index (χ0) is 17.6. The molecule has 1 amide bonds. The average molecular weight is 339 g/mol. The summed E-state index contributed by atoms with van der Waals surface area (Å²) in [7, 11) is 0. The van der Waals surface area contributed by atoms with Crippen LogP contribution in [0.15, 0.2) is 36.7 Å². The van der Waals surface area contributed by atoms with Crippen molar-refractivity contribution in [1.82, 2.24) is 24.9 Å². The number of fused-ring (bicyclic) bond motifs is 1. The number of benzene rings is 1. The van der Waals surface area contributed by atoms with Gasteiger partial charge in [-0.25, -0.2) is 4.68 Å². The van der Waals surface area contributed by atoms with Gasteiger partial charge in [0.2, 0.25) is 0 Å². The molecule has 4 rings (SSSR count). The molecular formula is C18H21N5O2. The molecule has 7 heteroatoms. The highest BCUT2D eigenvalue weighted by atomic mass is 16.3. The molecule has 1 aliphatic heterocycles. The zero-order valence-corrected chi connectivity index (χ0v) is 14.3. The second kappa shape index (κ2) is 5.70. The van der Waals surface area contributed by atoms with Crippen molar-refractivity contribution in [2.45, 2.75) is 31.9 Å². The maximum atomic E-state index is 12.8. The van der Waals surface area contributed by atoms with E-state index >= 15 is 0 Å². The third-order valence-electron chi connectivity index (χ3n) is 4.85. The standard InChI is InChI=1S/C18H21N5O2/c1-12(2)23-10-16(20-21-23)18(25)6-8-22(11-18)17(24)14-4-3-13-5-7-19-15(13)9-14/h3-5,7,9-10,12,19,25H,6,8,11H2,1-2H3. The number of nitrogens with zero attached hydrogens (tertiary/aromatic N) is 4. The normalized spacial score (nSPS) is 20.7. The van der Waals surface area contributed by atoms with Crippen LogP contribution in [0.4, 0.5) is 0 Å². The Kier molecular flexibility index (Phi) is 3.61. The number of aromatic amines is 1. The second-order valence-electron chi connectivity index (χ2n) is 6.97. The minimum Gasteiger partial charge on any atom is -0.381 e. The molecule has 1 unspecified atom stereocenters. The first-order valence-corrected chi connectivity index (χ1v) is 8.47. The summed E-state index contributed by atoms with van der Waals surface area (Å²) >= 11 is 0. The minimum absolute atomic E-state index is 0.0799. The van der Waals surface area contributed by atoms with Crippen molar-refractivity contribution in [1.29, 1.82) is 0 Å². The van der Waals surface area contributed by atoms with Gasteiger partial charge in [-0.05, 0) is 37.4 Å². The zero-order valence-electron chi connectivity index (χ0n) is 14.3. The highest BCUT2D eigenvalue weighted by Gasteiger charge is 2.42. The summed E-state index contributed by atoms with van der Waals surface area (Å²) in [6.07, 6.45) is 4.08. The van der Waals surface area contributed by atoms with Gasteiger partial charge in [-0.15, -0.1) is 5.10 Å². The number of likely N-dealkylation sites (tertiary alicyclic amines) is 1. The molecular weight excluding hydrogens is 318 g/mol. The molecule has 2 aromatic heterocycles. The molecule has 25 heavy (non-hydrogen) atoms. The Morgan fingerprint density at radius 3 is 2.96 bits per heavy atom. The Hall–Kier alpha value is -2.67. The number of carbonyl (C=O) groups excluding carboxylic acids is 1. The van der Waals surface area contributed by atoms with Crippen LogP contribution in [0.1, 0.15) is 42.4 Å². The molecule has 0 saturated carbocycles. The summed E-state index contributed by atoms with van der Waals surface area (Å²) < 4.78 is 1.72. The van der Waals surface area contributed by atoms with Crippen LogP contribution in [0.5, 0.6) is 0 Å². The Morgan fingerprint density at radius 1 is 1.36 bits per heavy atom. The number of amides is 1. The molecule has 1 fully saturated rings.